The van der Waals surface area contributed by atoms with E-state index >= 15 is 0 Å². The number of amides is 1. The van der Waals surface area contributed by atoms with Crippen molar-refractivity contribution in [2.75, 3.05) is 11.9 Å². The number of nitrogens with one attached hydrogen (secondary N) is 1. The lowest BCUT2D eigenvalue weighted by Gasteiger charge is -2.04. The predicted molar refractivity (Wildman–Crippen MR) is 53.4 cm³/mol. The molecule has 0 bridgehead atoms. The van der Waals surface area contributed by atoms with Gasteiger partial charge in [0.1, 0.15) is 0 Å². The van der Waals surface area contributed by atoms with Crippen molar-refractivity contribution in [2.45, 2.75) is 0 Å². The first-order valence-electron chi connectivity index (χ1n) is 3.68. The third-order valence-corrected chi connectivity index (χ3v) is 2.05. The number of benzene rings is 1. The molecule has 1 N–H and O–H groups in total. The van der Waals surface area contributed by atoms with Crippen LogP contribution in [0.4, 0.5) is 10.1 Å². The summed E-state index contributed by atoms with van der Waals surface area (Å²) in [7, 11) is 0. The lowest BCUT2D eigenvalue weighted by molar-refractivity contribution is -0.114. The summed E-state index contributed by atoms with van der Waals surface area (Å²) in [5.74, 6) is -1.22. The molecule has 0 radical (unpaired) electrons. The van der Waals surface area contributed by atoms with E-state index in [4.69, 9.17) is 0 Å². The van der Waals surface area contributed by atoms with Gasteiger partial charge in [-0.1, -0.05) is 11.2 Å². The number of carbonyl (C=O) groups is 1. The largest absolute Gasteiger partial charge is 0.322 e. The van der Waals surface area contributed by atoms with Crippen LogP contribution in [0.2, 0.25) is 0 Å². The zero-order chi connectivity index (χ0) is 10.6. The fraction of sp³-hybridized carbons (Fsp3) is 0.125. The maximum atomic E-state index is 13.2. The lowest BCUT2D eigenvalue weighted by Crippen LogP contribution is -2.15. The van der Waals surface area contributed by atoms with Gasteiger partial charge in [-0.05, 0) is 28.1 Å². The van der Waals surface area contributed by atoms with Gasteiger partial charge in [0.2, 0.25) is 5.91 Å². The summed E-state index contributed by atoms with van der Waals surface area (Å²) in [5.41, 5.74) is 0.0213. The number of halogens is 2. The second kappa shape index (κ2) is 4.80. The molecule has 74 valence electrons. The van der Waals surface area contributed by atoms with E-state index in [0.717, 1.165) is 0 Å². The van der Waals surface area contributed by atoms with Crippen LogP contribution in [0.5, 0.6) is 0 Å². The van der Waals surface area contributed by atoms with Crippen molar-refractivity contribution in [1.29, 1.82) is 0 Å². The van der Waals surface area contributed by atoms with Crippen molar-refractivity contribution >= 4 is 27.5 Å². The molecular weight excluding hydrogens is 255 g/mol. The summed E-state index contributed by atoms with van der Waals surface area (Å²) in [5, 5.41) is 4.60. The monoisotopic (exact) mass is 260 g/mol. The van der Waals surface area contributed by atoms with Crippen molar-refractivity contribution in [2.24, 2.45) is 5.18 Å². The van der Waals surface area contributed by atoms with Gasteiger partial charge in [-0.15, -0.1) is 0 Å². The Morgan fingerprint density at radius 2 is 2.29 bits per heavy atom. The molecule has 0 aromatic heterocycles. The molecule has 0 aliphatic carbocycles. The predicted octanol–water partition coefficient (Wildman–Crippen LogP) is 2.29. The molecular formula is C8H6BrFN2O2. The molecule has 1 aromatic rings. The van der Waals surface area contributed by atoms with Crippen LogP contribution >= 0.6 is 15.9 Å². The number of hydrogen-bond donors (Lipinski definition) is 1. The second-order valence-corrected chi connectivity index (χ2v) is 3.29. The van der Waals surface area contributed by atoms with E-state index in [0.29, 0.717) is 0 Å². The third-order valence-electron chi connectivity index (χ3n) is 1.43. The minimum atomic E-state index is -0.642. The smallest absolute Gasteiger partial charge is 0.249 e. The average Bonchev–Trinajstić information content (AvgIpc) is 2.13. The van der Waals surface area contributed by atoms with Gasteiger partial charge in [0.15, 0.2) is 12.4 Å². The third kappa shape index (κ3) is 2.59. The Morgan fingerprint density at radius 1 is 1.57 bits per heavy atom. The van der Waals surface area contributed by atoms with E-state index in [2.05, 4.69) is 26.4 Å². The van der Waals surface area contributed by atoms with E-state index in [-0.39, 0.29) is 10.2 Å². The summed E-state index contributed by atoms with van der Waals surface area (Å²) in [6, 6.07) is 4.46. The summed E-state index contributed by atoms with van der Waals surface area (Å²) in [6.07, 6.45) is 0. The van der Waals surface area contributed by atoms with Crippen molar-refractivity contribution in [3.05, 3.63) is 33.4 Å². The van der Waals surface area contributed by atoms with E-state index in [1.807, 2.05) is 0 Å². The van der Waals surface area contributed by atoms with Gasteiger partial charge in [-0.25, -0.2) is 4.39 Å². The normalized spacial score (nSPS) is 9.57. The molecule has 0 heterocycles. The highest BCUT2D eigenvalue weighted by atomic mass is 79.9. The number of anilines is 1. The molecule has 4 nitrogen and oxygen atoms in total. The fourth-order valence-corrected chi connectivity index (χ4v) is 1.21. The van der Waals surface area contributed by atoms with E-state index < -0.39 is 18.3 Å². The molecule has 0 atom stereocenters. The van der Waals surface area contributed by atoms with Gasteiger partial charge in [-0.2, -0.15) is 4.91 Å². The fourth-order valence-electron chi connectivity index (χ4n) is 0.849. The van der Waals surface area contributed by atoms with Crippen LogP contribution in [0.1, 0.15) is 0 Å². The topological polar surface area (TPSA) is 58.5 Å². The van der Waals surface area contributed by atoms with E-state index in [1.54, 1.807) is 6.07 Å². The summed E-state index contributed by atoms with van der Waals surface area (Å²) in [4.78, 5) is 20.6. The van der Waals surface area contributed by atoms with E-state index in [9.17, 15) is 14.1 Å². The number of carbonyl (C=O) groups excluding carboxylic acids is 1. The molecule has 0 fully saturated rings. The van der Waals surface area contributed by atoms with Crippen LogP contribution < -0.4 is 5.32 Å². The Balaban J connectivity index is 2.81. The van der Waals surface area contributed by atoms with Gasteiger partial charge < -0.3 is 5.32 Å². The lowest BCUT2D eigenvalue weighted by atomic mass is 10.3. The molecule has 0 aliphatic rings. The Kier molecular flexibility index (Phi) is 3.70. The van der Waals surface area contributed by atoms with Gasteiger partial charge in [-0.3, -0.25) is 4.79 Å². The van der Waals surface area contributed by atoms with Crippen LogP contribution in [-0.2, 0) is 4.79 Å². The quantitative estimate of drug-likeness (QED) is 0.848. The summed E-state index contributed by atoms with van der Waals surface area (Å²) < 4.78 is 13.5. The van der Waals surface area contributed by atoms with Crippen LogP contribution in [0.25, 0.3) is 0 Å². The average molecular weight is 261 g/mol. The van der Waals surface area contributed by atoms with Crippen LogP contribution in [0.15, 0.2) is 27.8 Å². The Morgan fingerprint density at radius 3 is 2.93 bits per heavy atom. The van der Waals surface area contributed by atoms with Crippen molar-refractivity contribution in [1.82, 2.24) is 0 Å². The summed E-state index contributed by atoms with van der Waals surface area (Å²) in [6.45, 7) is -0.522. The zero-order valence-electron chi connectivity index (χ0n) is 6.96. The van der Waals surface area contributed by atoms with Crippen LogP contribution in [0, 0.1) is 10.7 Å². The number of rotatable bonds is 3. The van der Waals surface area contributed by atoms with Crippen molar-refractivity contribution in [3.63, 3.8) is 0 Å². The highest BCUT2D eigenvalue weighted by Gasteiger charge is 2.08. The summed E-state index contributed by atoms with van der Waals surface area (Å²) >= 11 is 2.96. The molecule has 1 aromatic carbocycles. The Hall–Kier alpha value is -1.30. The molecule has 0 aliphatic heterocycles. The molecule has 1 rings (SSSR count). The maximum Gasteiger partial charge on any atom is 0.249 e. The Bertz CT molecular complexity index is 370. The molecule has 0 unspecified atom stereocenters. The maximum absolute atomic E-state index is 13.2. The molecule has 0 saturated heterocycles. The molecule has 1 amide bonds. The van der Waals surface area contributed by atoms with E-state index in [1.165, 1.54) is 12.1 Å². The SMILES string of the molecule is O=NCC(=O)Nc1cccc(Br)c1F. The number of nitroso groups, excluding NO2 is 1. The standard InChI is InChI=1S/C8H6BrFN2O2/c9-5-2-1-3-6(8(5)10)12-7(13)4-11-14/h1-3H,4H2,(H,12,13). The molecule has 0 saturated carbocycles. The second-order valence-electron chi connectivity index (χ2n) is 2.44. The number of nitrogens with zero attached hydrogens (tertiary/aromatic N) is 1. The molecule has 6 heteroatoms. The first-order valence-corrected chi connectivity index (χ1v) is 4.47. The van der Waals surface area contributed by atoms with Gasteiger partial charge >= 0.3 is 0 Å². The minimum Gasteiger partial charge on any atom is -0.322 e. The zero-order valence-corrected chi connectivity index (χ0v) is 8.54. The molecule has 14 heavy (non-hydrogen) atoms. The van der Waals surface area contributed by atoms with Crippen molar-refractivity contribution < 1.29 is 9.18 Å². The molecule has 0 spiro atoms. The highest BCUT2D eigenvalue weighted by Crippen LogP contribution is 2.22. The minimum absolute atomic E-state index is 0.0213. The van der Waals surface area contributed by atoms with Crippen LogP contribution in [0.3, 0.4) is 0 Å². The van der Waals surface area contributed by atoms with Gasteiger partial charge in [0.05, 0.1) is 10.2 Å². The highest BCUT2D eigenvalue weighted by molar-refractivity contribution is 9.10. The Labute approximate surface area is 87.6 Å². The van der Waals surface area contributed by atoms with Gasteiger partial charge in [0.25, 0.3) is 0 Å². The van der Waals surface area contributed by atoms with Crippen LogP contribution in [-0.4, -0.2) is 12.5 Å². The first kappa shape index (κ1) is 10.8. The first-order chi connectivity index (χ1) is 6.65. The van der Waals surface area contributed by atoms with Gasteiger partial charge in [0, 0.05) is 0 Å². The van der Waals surface area contributed by atoms with Crippen molar-refractivity contribution in [3.8, 4) is 0 Å². The number of hydrogen-bond acceptors (Lipinski definition) is 3.